The van der Waals surface area contributed by atoms with E-state index in [0.29, 0.717) is 12.4 Å². The van der Waals surface area contributed by atoms with Crippen LogP contribution >= 0.6 is 11.6 Å². The molecule has 0 amide bonds. The number of benzene rings is 2. The molecule has 0 spiro atoms. The molecule has 0 aliphatic heterocycles. The predicted molar refractivity (Wildman–Crippen MR) is 76.2 cm³/mol. The summed E-state index contributed by atoms with van der Waals surface area (Å²) in [5.41, 5.74) is 1.69. The third-order valence-electron chi connectivity index (χ3n) is 2.70. The van der Waals surface area contributed by atoms with Crippen LogP contribution < -0.4 is 4.74 Å². The first-order valence-electron chi connectivity index (χ1n) is 5.94. The van der Waals surface area contributed by atoms with E-state index in [2.05, 4.69) is 6.58 Å². The van der Waals surface area contributed by atoms with Gasteiger partial charge in [-0.3, -0.25) is 0 Å². The Bertz CT molecular complexity index is 554. The maximum absolute atomic E-state index is 13.3. The van der Waals surface area contributed by atoms with Gasteiger partial charge in [-0.05, 0) is 11.6 Å². The molecular formula is C16H14ClFO. The molecule has 0 aliphatic carbocycles. The van der Waals surface area contributed by atoms with Crippen molar-refractivity contribution in [3.63, 3.8) is 0 Å². The van der Waals surface area contributed by atoms with Crippen molar-refractivity contribution in [2.24, 2.45) is 0 Å². The fourth-order valence-corrected chi connectivity index (χ4v) is 2.12. The van der Waals surface area contributed by atoms with Crippen LogP contribution in [-0.4, -0.2) is 6.61 Å². The summed E-state index contributed by atoms with van der Waals surface area (Å²) in [5.74, 6) is 0.100. The van der Waals surface area contributed by atoms with Crippen molar-refractivity contribution in [1.29, 1.82) is 0 Å². The van der Waals surface area contributed by atoms with Crippen LogP contribution in [0.3, 0.4) is 0 Å². The molecule has 1 unspecified atom stereocenters. The zero-order valence-electron chi connectivity index (χ0n) is 10.4. The lowest BCUT2D eigenvalue weighted by molar-refractivity contribution is 0.357. The molecule has 1 nitrogen and oxygen atoms in total. The van der Waals surface area contributed by atoms with E-state index >= 15 is 0 Å². The Morgan fingerprint density at radius 3 is 2.63 bits per heavy atom. The van der Waals surface area contributed by atoms with Crippen LogP contribution in [-0.2, 0) is 0 Å². The molecule has 0 aromatic heterocycles. The van der Waals surface area contributed by atoms with Gasteiger partial charge in [-0.15, -0.1) is 11.6 Å². The normalized spacial score (nSPS) is 11.9. The third kappa shape index (κ3) is 3.36. The molecule has 0 saturated heterocycles. The van der Waals surface area contributed by atoms with Crippen LogP contribution in [0.25, 0.3) is 0 Å². The molecule has 2 aromatic carbocycles. The molecule has 0 radical (unpaired) electrons. The molecule has 1 atom stereocenters. The zero-order chi connectivity index (χ0) is 13.7. The first kappa shape index (κ1) is 13.6. The van der Waals surface area contributed by atoms with Gasteiger partial charge in [-0.2, -0.15) is 0 Å². The van der Waals surface area contributed by atoms with Gasteiger partial charge in [0.2, 0.25) is 0 Å². The van der Waals surface area contributed by atoms with E-state index < -0.39 is 0 Å². The predicted octanol–water partition coefficient (Wildman–Crippen LogP) is 4.72. The second kappa shape index (κ2) is 6.39. The third-order valence-corrected chi connectivity index (χ3v) is 3.18. The lowest BCUT2D eigenvalue weighted by Gasteiger charge is -2.15. The van der Waals surface area contributed by atoms with Crippen molar-refractivity contribution < 1.29 is 9.13 Å². The molecule has 0 heterocycles. The molecule has 0 aliphatic rings. The number of ether oxygens (including phenoxy) is 1. The number of alkyl halides is 1. The molecular weight excluding hydrogens is 263 g/mol. The average molecular weight is 277 g/mol. The van der Waals surface area contributed by atoms with Gasteiger partial charge in [0.15, 0.2) is 0 Å². The van der Waals surface area contributed by atoms with E-state index in [9.17, 15) is 4.39 Å². The quantitative estimate of drug-likeness (QED) is 0.567. The summed E-state index contributed by atoms with van der Waals surface area (Å²) in [4.78, 5) is 0. The van der Waals surface area contributed by atoms with Gasteiger partial charge in [0.25, 0.3) is 0 Å². The van der Waals surface area contributed by atoms with E-state index in [0.717, 1.165) is 11.1 Å². The van der Waals surface area contributed by atoms with Crippen LogP contribution in [0, 0.1) is 5.82 Å². The van der Waals surface area contributed by atoms with Crippen molar-refractivity contribution in [1.82, 2.24) is 0 Å². The van der Waals surface area contributed by atoms with E-state index in [-0.39, 0.29) is 11.2 Å². The Hall–Kier alpha value is -1.80. The van der Waals surface area contributed by atoms with Gasteiger partial charge in [0, 0.05) is 11.6 Å². The Morgan fingerprint density at radius 2 is 1.95 bits per heavy atom. The van der Waals surface area contributed by atoms with Gasteiger partial charge in [-0.25, -0.2) is 4.39 Å². The Labute approximate surface area is 117 Å². The first-order chi connectivity index (χ1) is 9.22. The fourth-order valence-electron chi connectivity index (χ4n) is 1.79. The van der Waals surface area contributed by atoms with Crippen molar-refractivity contribution in [3.05, 3.63) is 78.1 Å². The molecule has 19 heavy (non-hydrogen) atoms. The minimum Gasteiger partial charge on any atom is -0.489 e. The van der Waals surface area contributed by atoms with Crippen LogP contribution in [0.4, 0.5) is 4.39 Å². The summed E-state index contributed by atoms with van der Waals surface area (Å²) in [6, 6.07) is 14.0. The van der Waals surface area contributed by atoms with E-state index in [1.807, 2.05) is 30.3 Å². The fraction of sp³-hybridized carbons (Fsp3) is 0.125. The summed E-state index contributed by atoms with van der Waals surface area (Å²) in [6.07, 6.45) is 1.61. The standard InChI is InChI=1S/C16H14ClFO/c1-2-10-19-15-11-13(18)8-9-14(15)16(17)12-6-4-3-5-7-12/h2-9,11,16H,1,10H2. The molecule has 2 rings (SSSR count). The highest BCUT2D eigenvalue weighted by Crippen LogP contribution is 2.35. The topological polar surface area (TPSA) is 9.23 Å². The largest absolute Gasteiger partial charge is 0.489 e. The summed E-state index contributed by atoms with van der Waals surface area (Å²) < 4.78 is 18.8. The number of rotatable bonds is 5. The van der Waals surface area contributed by atoms with Crippen molar-refractivity contribution in [2.75, 3.05) is 6.61 Å². The smallest absolute Gasteiger partial charge is 0.127 e. The Balaban J connectivity index is 2.35. The SMILES string of the molecule is C=CCOc1cc(F)ccc1C(Cl)c1ccccc1. The molecule has 0 N–H and O–H groups in total. The first-order valence-corrected chi connectivity index (χ1v) is 6.38. The molecule has 98 valence electrons. The Morgan fingerprint density at radius 1 is 1.21 bits per heavy atom. The molecule has 0 bridgehead atoms. The van der Waals surface area contributed by atoms with Crippen LogP contribution in [0.1, 0.15) is 16.5 Å². The second-order valence-corrected chi connectivity index (χ2v) is 4.49. The van der Waals surface area contributed by atoms with Crippen molar-refractivity contribution in [3.8, 4) is 5.75 Å². The number of halogens is 2. The Kier molecular flexibility index (Phi) is 4.58. The average Bonchev–Trinajstić information content (AvgIpc) is 2.45. The lowest BCUT2D eigenvalue weighted by atomic mass is 10.0. The van der Waals surface area contributed by atoms with E-state index in [4.69, 9.17) is 16.3 Å². The lowest BCUT2D eigenvalue weighted by Crippen LogP contribution is -2.01. The van der Waals surface area contributed by atoms with E-state index in [1.54, 1.807) is 12.1 Å². The maximum Gasteiger partial charge on any atom is 0.127 e. The van der Waals surface area contributed by atoms with Gasteiger partial charge >= 0.3 is 0 Å². The summed E-state index contributed by atoms with van der Waals surface area (Å²) in [5, 5.41) is -0.374. The van der Waals surface area contributed by atoms with Gasteiger partial charge < -0.3 is 4.74 Å². The number of hydrogen-bond acceptors (Lipinski definition) is 1. The van der Waals surface area contributed by atoms with Crippen LogP contribution in [0.2, 0.25) is 0 Å². The molecule has 2 aromatic rings. The summed E-state index contributed by atoms with van der Waals surface area (Å²) >= 11 is 6.44. The number of hydrogen-bond donors (Lipinski definition) is 0. The van der Waals surface area contributed by atoms with Gasteiger partial charge in [-0.1, -0.05) is 49.1 Å². The minimum atomic E-state index is -0.374. The highest BCUT2D eigenvalue weighted by molar-refractivity contribution is 6.22. The van der Waals surface area contributed by atoms with Gasteiger partial charge in [0.1, 0.15) is 18.2 Å². The maximum atomic E-state index is 13.3. The molecule has 0 saturated carbocycles. The highest BCUT2D eigenvalue weighted by atomic mass is 35.5. The zero-order valence-corrected chi connectivity index (χ0v) is 11.1. The molecule has 3 heteroatoms. The monoisotopic (exact) mass is 276 g/mol. The summed E-state index contributed by atoms with van der Waals surface area (Å²) in [6.45, 7) is 3.89. The second-order valence-electron chi connectivity index (χ2n) is 4.06. The van der Waals surface area contributed by atoms with Gasteiger partial charge in [0.05, 0.1) is 5.38 Å². The molecule has 0 fully saturated rings. The summed E-state index contributed by atoms with van der Waals surface area (Å²) in [7, 11) is 0. The highest BCUT2D eigenvalue weighted by Gasteiger charge is 2.16. The van der Waals surface area contributed by atoms with E-state index in [1.165, 1.54) is 12.1 Å². The van der Waals surface area contributed by atoms with Crippen molar-refractivity contribution in [2.45, 2.75) is 5.38 Å². The minimum absolute atomic E-state index is 0.314. The van der Waals surface area contributed by atoms with Crippen molar-refractivity contribution >= 4 is 11.6 Å². The van der Waals surface area contributed by atoms with Crippen LogP contribution in [0.5, 0.6) is 5.75 Å². The van der Waals surface area contributed by atoms with Crippen LogP contribution in [0.15, 0.2) is 61.2 Å².